The summed E-state index contributed by atoms with van der Waals surface area (Å²) in [4.78, 5) is 12.1. The fourth-order valence-corrected chi connectivity index (χ4v) is 1.71. The average molecular weight is 256 g/mol. The van der Waals surface area contributed by atoms with Gasteiger partial charge in [0, 0.05) is 13.1 Å². The van der Waals surface area contributed by atoms with Crippen LogP contribution in [0.4, 0.5) is 5.69 Å². The number of likely N-dealkylation sites (N-methyl/N-ethyl adjacent to an activating group) is 1. The third kappa shape index (κ3) is 4.80. The Kier molecular flexibility index (Phi) is 4.80. The van der Waals surface area contributed by atoms with Gasteiger partial charge < -0.3 is 5.11 Å². The highest BCUT2D eigenvalue weighted by Crippen LogP contribution is 2.08. The van der Waals surface area contributed by atoms with E-state index in [0.29, 0.717) is 19.6 Å². The summed E-state index contributed by atoms with van der Waals surface area (Å²) in [5.74, 6) is 0. The van der Waals surface area contributed by atoms with Gasteiger partial charge in [0.15, 0.2) is 0 Å². The second-order valence-electron chi connectivity index (χ2n) is 4.90. The van der Waals surface area contributed by atoms with E-state index in [-0.39, 0.29) is 5.69 Å². The van der Waals surface area contributed by atoms with Crippen LogP contribution in [0.3, 0.4) is 0 Å². The largest absolute Gasteiger partial charge is 0.389 e. The summed E-state index contributed by atoms with van der Waals surface area (Å²) in [6, 6.07) is 0. The van der Waals surface area contributed by atoms with E-state index >= 15 is 0 Å². The third-order valence-corrected chi connectivity index (χ3v) is 2.53. The van der Waals surface area contributed by atoms with Crippen LogP contribution in [0, 0.1) is 10.1 Å². The summed E-state index contributed by atoms with van der Waals surface area (Å²) in [7, 11) is 0. The maximum Gasteiger partial charge on any atom is 0.306 e. The van der Waals surface area contributed by atoms with Crippen LogP contribution in [0.1, 0.15) is 20.8 Å². The molecule has 0 aromatic carbocycles. The molecule has 0 atom stereocenters. The zero-order valence-electron chi connectivity index (χ0n) is 11.0. The van der Waals surface area contributed by atoms with Crippen LogP contribution < -0.4 is 0 Å². The van der Waals surface area contributed by atoms with Gasteiger partial charge in [0.25, 0.3) is 0 Å². The highest BCUT2D eigenvalue weighted by atomic mass is 16.6. The third-order valence-electron chi connectivity index (χ3n) is 2.53. The van der Waals surface area contributed by atoms with Gasteiger partial charge in [0.2, 0.25) is 0 Å². The van der Waals surface area contributed by atoms with Crippen LogP contribution in [-0.4, -0.2) is 49.9 Å². The molecule has 1 aromatic rings. The van der Waals surface area contributed by atoms with Crippen molar-refractivity contribution >= 4 is 5.69 Å². The topological polar surface area (TPSA) is 84.4 Å². The van der Waals surface area contributed by atoms with E-state index in [9.17, 15) is 15.2 Å². The molecule has 1 N–H and O–H groups in total. The molecule has 7 heteroatoms. The summed E-state index contributed by atoms with van der Waals surface area (Å²) >= 11 is 0. The van der Waals surface area contributed by atoms with Gasteiger partial charge in [-0.15, -0.1) is 0 Å². The Balaban J connectivity index is 2.49. The zero-order chi connectivity index (χ0) is 13.8. The molecule has 7 nitrogen and oxygen atoms in total. The Morgan fingerprint density at radius 1 is 1.61 bits per heavy atom. The Hall–Kier alpha value is -1.47. The highest BCUT2D eigenvalue weighted by Gasteiger charge is 2.17. The summed E-state index contributed by atoms with van der Waals surface area (Å²) in [5.41, 5.74) is -0.743. The van der Waals surface area contributed by atoms with E-state index in [1.165, 1.54) is 12.4 Å². The molecule has 0 bridgehead atoms. The van der Waals surface area contributed by atoms with Crippen molar-refractivity contribution in [3.05, 3.63) is 22.5 Å². The van der Waals surface area contributed by atoms with Crippen LogP contribution in [0.25, 0.3) is 0 Å². The van der Waals surface area contributed by atoms with E-state index in [0.717, 1.165) is 6.54 Å². The molecule has 1 rings (SSSR count). The molecule has 0 unspecified atom stereocenters. The van der Waals surface area contributed by atoms with E-state index in [1.54, 1.807) is 18.5 Å². The first-order chi connectivity index (χ1) is 8.31. The van der Waals surface area contributed by atoms with Crippen LogP contribution in [0.2, 0.25) is 0 Å². The minimum atomic E-state index is -0.744. The van der Waals surface area contributed by atoms with Gasteiger partial charge in [-0.25, -0.2) is 0 Å². The standard InChI is InChI=1S/C11H20N4O3/c1-4-13(9-11(2,3)16)5-6-14-8-10(7-12-14)15(17)18/h7-8,16H,4-6,9H2,1-3H3. The maximum atomic E-state index is 10.5. The fourth-order valence-electron chi connectivity index (χ4n) is 1.71. The summed E-state index contributed by atoms with van der Waals surface area (Å²) in [5, 5.41) is 24.2. The van der Waals surface area contributed by atoms with Crippen molar-refractivity contribution in [2.75, 3.05) is 19.6 Å². The molecule has 0 aliphatic heterocycles. The minimum absolute atomic E-state index is 0.000497. The van der Waals surface area contributed by atoms with Crippen molar-refractivity contribution in [1.29, 1.82) is 0 Å². The molecule has 0 saturated heterocycles. The molecule has 0 amide bonds. The van der Waals surface area contributed by atoms with E-state index in [2.05, 4.69) is 10.00 Å². The maximum absolute atomic E-state index is 10.5. The molecule has 0 radical (unpaired) electrons. The zero-order valence-corrected chi connectivity index (χ0v) is 11.0. The lowest BCUT2D eigenvalue weighted by atomic mass is 10.1. The average Bonchev–Trinajstić information content (AvgIpc) is 2.71. The Bertz CT molecular complexity index is 397. The quantitative estimate of drug-likeness (QED) is 0.578. The SMILES string of the molecule is CCN(CCn1cc([N+](=O)[O-])cn1)CC(C)(C)O. The second kappa shape index (κ2) is 5.92. The minimum Gasteiger partial charge on any atom is -0.389 e. The number of aliphatic hydroxyl groups is 1. The molecule has 1 aromatic heterocycles. The predicted octanol–water partition coefficient (Wildman–Crippen LogP) is 0.884. The number of hydrogen-bond donors (Lipinski definition) is 1. The van der Waals surface area contributed by atoms with Crippen molar-refractivity contribution in [3.8, 4) is 0 Å². The molecule has 0 aliphatic rings. The van der Waals surface area contributed by atoms with Gasteiger partial charge in [0.1, 0.15) is 12.4 Å². The summed E-state index contributed by atoms with van der Waals surface area (Å²) in [6.07, 6.45) is 2.66. The molecule has 0 fully saturated rings. The van der Waals surface area contributed by atoms with Crippen LogP contribution >= 0.6 is 0 Å². The molecule has 102 valence electrons. The first kappa shape index (κ1) is 14.6. The second-order valence-corrected chi connectivity index (χ2v) is 4.90. The number of nitro groups is 1. The summed E-state index contributed by atoms with van der Waals surface area (Å²) in [6.45, 7) is 8.16. The van der Waals surface area contributed by atoms with E-state index in [1.807, 2.05) is 6.92 Å². The molecule has 0 aliphatic carbocycles. The monoisotopic (exact) mass is 256 g/mol. The van der Waals surface area contributed by atoms with Crippen molar-refractivity contribution in [2.45, 2.75) is 32.9 Å². The fraction of sp³-hybridized carbons (Fsp3) is 0.727. The molecule has 0 spiro atoms. The van der Waals surface area contributed by atoms with Crippen molar-refractivity contribution in [3.63, 3.8) is 0 Å². The lowest BCUT2D eigenvalue weighted by molar-refractivity contribution is -0.385. The van der Waals surface area contributed by atoms with E-state index < -0.39 is 10.5 Å². The van der Waals surface area contributed by atoms with E-state index in [4.69, 9.17) is 0 Å². The smallest absolute Gasteiger partial charge is 0.306 e. The van der Waals surface area contributed by atoms with Gasteiger partial charge in [-0.1, -0.05) is 6.92 Å². The lowest BCUT2D eigenvalue weighted by Crippen LogP contribution is -2.40. The van der Waals surface area contributed by atoms with Crippen molar-refractivity contribution in [1.82, 2.24) is 14.7 Å². The number of aromatic nitrogens is 2. The van der Waals surface area contributed by atoms with Crippen LogP contribution in [0.15, 0.2) is 12.4 Å². The van der Waals surface area contributed by atoms with Gasteiger partial charge >= 0.3 is 5.69 Å². The van der Waals surface area contributed by atoms with Crippen LogP contribution in [0.5, 0.6) is 0 Å². The summed E-state index contributed by atoms with van der Waals surface area (Å²) < 4.78 is 1.55. The van der Waals surface area contributed by atoms with Crippen molar-refractivity contribution < 1.29 is 10.0 Å². The normalized spacial score (nSPS) is 12.1. The molecular formula is C11H20N4O3. The number of rotatable bonds is 7. The molecule has 18 heavy (non-hydrogen) atoms. The number of hydrogen-bond acceptors (Lipinski definition) is 5. The number of nitrogens with zero attached hydrogens (tertiary/aromatic N) is 4. The van der Waals surface area contributed by atoms with Gasteiger partial charge in [-0.2, -0.15) is 5.10 Å². The Morgan fingerprint density at radius 2 is 2.28 bits per heavy atom. The molecule has 0 saturated carbocycles. The lowest BCUT2D eigenvalue weighted by Gasteiger charge is -2.27. The van der Waals surface area contributed by atoms with Gasteiger partial charge in [0.05, 0.1) is 17.1 Å². The van der Waals surface area contributed by atoms with Crippen LogP contribution in [-0.2, 0) is 6.54 Å². The predicted molar refractivity (Wildman–Crippen MR) is 67.3 cm³/mol. The van der Waals surface area contributed by atoms with Gasteiger partial charge in [-0.05, 0) is 20.4 Å². The molecule has 1 heterocycles. The Morgan fingerprint density at radius 3 is 2.72 bits per heavy atom. The first-order valence-electron chi connectivity index (χ1n) is 5.93. The Labute approximate surface area is 106 Å². The first-order valence-corrected chi connectivity index (χ1v) is 5.93. The van der Waals surface area contributed by atoms with Gasteiger partial charge in [-0.3, -0.25) is 19.7 Å². The van der Waals surface area contributed by atoms with Crippen molar-refractivity contribution in [2.24, 2.45) is 0 Å². The highest BCUT2D eigenvalue weighted by molar-refractivity contribution is 5.20. The molecular weight excluding hydrogens is 236 g/mol.